The monoisotopic (exact) mass is 330 g/mol. The highest BCUT2D eigenvalue weighted by molar-refractivity contribution is 5.94. The summed E-state index contributed by atoms with van der Waals surface area (Å²) in [6, 6.07) is 8.77. The van der Waals surface area contributed by atoms with E-state index in [0.29, 0.717) is 10.9 Å². The Labute approximate surface area is 140 Å². The topological polar surface area (TPSA) is 131 Å². The lowest BCUT2D eigenvalue weighted by Crippen LogP contribution is -2.48. The number of benzene rings is 1. The Morgan fingerprint density at radius 3 is 2.58 bits per heavy atom. The van der Waals surface area contributed by atoms with Crippen LogP contribution in [0, 0.1) is 5.92 Å². The number of hydrogen-bond donors (Lipinski definition) is 3. The number of aromatic carboxylic acids is 1. The second-order valence-electron chi connectivity index (χ2n) is 6.31. The van der Waals surface area contributed by atoms with E-state index in [1.165, 1.54) is 6.07 Å². The predicted molar refractivity (Wildman–Crippen MR) is 89.3 cm³/mol. The molecular formula is C17H22N4O3. The number of amides is 1. The van der Waals surface area contributed by atoms with Crippen molar-refractivity contribution in [2.75, 3.05) is 0 Å². The zero-order chi connectivity index (χ0) is 16.8. The van der Waals surface area contributed by atoms with Crippen LogP contribution in [0.15, 0.2) is 30.3 Å². The van der Waals surface area contributed by atoms with Crippen LogP contribution in [0.5, 0.6) is 0 Å². The molecule has 0 radical (unpaired) electrons. The van der Waals surface area contributed by atoms with Crippen molar-refractivity contribution < 1.29 is 14.7 Å². The second kappa shape index (κ2) is 6.18. The number of carboxylic acids is 1. The van der Waals surface area contributed by atoms with Crippen LogP contribution in [0.25, 0.3) is 10.9 Å². The maximum absolute atomic E-state index is 12.3. The van der Waals surface area contributed by atoms with E-state index >= 15 is 0 Å². The van der Waals surface area contributed by atoms with Gasteiger partial charge in [-0.25, -0.2) is 4.98 Å². The number of carbonyl (C=O) groups excluding carboxylic acids is 2. The molecule has 128 valence electrons. The van der Waals surface area contributed by atoms with Crippen LogP contribution >= 0.6 is 0 Å². The predicted octanol–water partition coefficient (Wildman–Crippen LogP) is 1.11. The van der Waals surface area contributed by atoms with Gasteiger partial charge in [0.05, 0.1) is 22.7 Å². The van der Waals surface area contributed by atoms with Gasteiger partial charge in [-0.3, -0.25) is 10.1 Å². The normalized spacial score (nSPS) is 23.2. The summed E-state index contributed by atoms with van der Waals surface area (Å²) in [6.45, 7) is 5.66. The van der Waals surface area contributed by atoms with Crippen LogP contribution in [0.2, 0.25) is 0 Å². The van der Waals surface area contributed by atoms with Crippen LogP contribution < -0.4 is 21.9 Å². The number of quaternary nitrogens is 1. The molecular weight excluding hydrogens is 308 g/mol. The van der Waals surface area contributed by atoms with Crippen molar-refractivity contribution >= 4 is 22.8 Å². The molecule has 0 saturated carbocycles. The van der Waals surface area contributed by atoms with E-state index in [1.54, 1.807) is 19.1 Å². The molecule has 2 heterocycles. The lowest BCUT2D eigenvalue weighted by atomic mass is 9.89. The summed E-state index contributed by atoms with van der Waals surface area (Å²) in [7, 11) is 0. The van der Waals surface area contributed by atoms with Crippen LogP contribution in [0.4, 0.5) is 0 Å². The number of nitrogens with zero attached hydrogens (tertiary/aromatic N) is 1. The highest BCUT2D eigenvalue weighted by Crippen LogP contribution is 2.29. The van der Waals surface area contributed by atoms with Gasteiger partial charge < -0.3 is 21.4 Å². The summed E-state index contributed by atoms with van der Waals surface area (Å²) in [6.07, 6.45) is -0.660. The first-order valence-electron chi connectivity index (χ1n) is 7.52. The molecule has 1 fully saturated rings. The number of carbonyl (C=O) groups is 2. The zero-order valence-corrected chi connectivity index (χ0v) is 14.2. The minimum Gasteiger partial charge on any atom is -0.545 e. The highest BCUT2D eigenvalue weighted by Gasteiger charge is 2.46. The van der Waals surface area contributed by atoms with Gasteiger partial charge in [0, 0.05) is 10.9 Å². The third-order valence-electron chi connectivity index (χ3n) is 4.59. The van der Waals surface area contributed by atoms with Crippen molar-refractivity contribution in [2.24, 2.45) is 5.92 Å². The Kier molecular flexibility index (Phi) is 4.59. The first kappa shape index (κ1) is 17.8. The third-order valence-corrected chi connectivity index (χ3v) is 4.59. The van der Waals surface area contributed by atoms with E-state index < -0.39 is 17.7 Å². The Morgan fingerprint density at radius 2 is 2.00 bits per heavy atom. The van der Waals surface area contributed by atoms with Gasteiger partial charge in [-0.2, -0.15) is 0 Å². The maximum atomic E-state index is 12.3. The Balaban J connectivity index is 0.00000208. The number of fused-ring (bicyclic) bond motifs is 1. The summed E-state index contributed by atoms with van der Waals surface area (Å²) in [5, 5.41) is 18.2. The number of pyridine rings is 1. The smallest absolute Gasteiger partial charge is 0.241 e. The molecule has 1 saturated heterocycles. The molecule has 6 N–H and O–H groups in total. The first-order valence-corrected chi connectivity index (χ1v) is 7.52. The van der Waals surface area contributed by atoms with Crippen molar-refractivity contribution in [3.8, 4) is 0 Å². The number of hydrogen-bond acceptors (Lipinski definition) is 5. The number of rotatable bonds is 3. The van der Waals surface area contributed by atoms with Crippen molar-refractivity contribution in [1.29, 1.82) is 0 Å². The first-order chi connectivity index (χ1) is 10.8. The van der Waals surface area contributed by atoms with Crippen LogP contribution in [-0.4, -0.2) is 22.4 Å². The van der Waals surface area contributed by atoms with Gasteiger partial charge in [0.2, 0.25) is 5.91 Å². The zero-order valence-electron chi connectivity index (χ0n) is 14.2. The molecule has 3 rings (SSSR count). The van der Waals surface area contributed by atoms with Gasteiger partial charge >= 0.3 is 0 Å². The minimum absolute atomic E-state index is 0. The van der Waals surface area contributed by atoms with Gasteiger partial charge in [-0.05, 0) is 25.0 Å². The minimum atomic E-state index is -1.31. The van der Waals surface area contributed by atoms with E-state index in [2.05, 4.69) is 15.6 Å². The van der Waals surface area contributed by atoms with Gasteiger partial charge in [-0.15, -0.1) is 0 Å². The molecule has 1 aliphatic rings. The van der Waals surface area contributed by atoms with Crippen LogP contribution in [0.3, 0.4) is 0 Å². The third kappa shape index (κ3) is 2.72. The van der Waals surface area contributed by atoms with Crippen molar-refractivity contribution in [3.63, 3.8) is 0 Å². The molecule has 0 bridgehead atoms. The van der Waals surface area contributed by atoms with Gasteiger partial charge in [-0.1, -0.05) is 32.0 Å². The fraction of sp³-hybridized carbons (Fsp3) is 0.353. The average Bonchev–Trinajstić information content (AvgIpc) is 2.82. The molecule has 7 nitrogen and oxygen atoms in total. The van der Waals surface area contributed by atoms with E-state index in [-0.39, 0.29) is 29.2 Å². The van der Waals surface area contributed by atoms with Crippen molar-refractivity contribution in [2.45, 2.75) is 32.5 Å². The fourth-order valence-corrected chi connectivity index (χ4v) is 2.76. The summed E-state index contributed by atoms with van der Waals surface area (Å²) in [4.78, 5) is 28.2. The highest BCUT2D eigenvalue weighted by atomic mass is 16.4. The van der Waals surface area contributed by atoms with E-state index in [4.69, 9.17) is 0 Å². The fourth-order valence-electron chi connectivity index (χ4n) is 2.76. The summed E-state index contributed by atoms with van der Waals surface area (Å²) in [5.74, 6) is -1.44. The standard InChI is InChI=1S/C17H19N3O3.H3N/c1-9(2)17(3)16(23)19-14(20-17)13-11(15(21)22)8-10-6-4-5-7-12(10)18-13;/h4-9,14,20H,1-3H3,(H,19,23)(H,21,22);1H3. The molecule has 0 aliphatic carbocycles. The van der Waals surface area contributed by atoms with Gasteiger partial charge in [0.25, 0.3) is 0 Å². The summed E-state index contributed by atoms with van der Waals surface area (Å²) in [5.41, 5.74) is 0.138. The van der Waals surface area contributed by atoms with Crippen molar-refractivity contribution in [1.82, 2.24) is 21.8 Å². The molecule has 2 unspecified atom stereocenters. The molecule has 1 aromatic carbocycles. The second-order valence-corrected chi connectivity index (χ2v) is 6.31. The average molecular weight is 330 g/mol. The van der Waals surface area contributed by atoms with Gasteiger partial charge in [0.1, 0.15) is 6.17 Å². The number of para-hydroxylation sites is 1. The number of aromatic nitrogens is 1. The van der Waals surface area contributed by atoms with Crippen molar-refractivity contribution in [3.05, 3.63) is 41.6 Å². The molecule has 0 spiro atoms. The van der Waals surface area contributed by atoms with Crippen LogP contribution in [-0.2, 0) is 4.79 Å². The Bertz CT molecular complexity index is 806. The molecule has 1 aliphatic heterocycles. The molecule has 1 amide bonds. The molecule has 2 aromatic rings. The summed E-state index contributed by atoms with van der Waals surface area (Å²) >= 11 is 0. The molecule has 24 heavy (non-hydrogen) atoms. The quantitative estimate of drug-likeness (QED) is 0.776. The maximum Gasteiger partial charge on any atom is 0.241 e. The van der Waals surface area contributed by atoms with Gasteiger partial charge in [0.15, 0.2) is 0 Å². The number of nitrogens with one attached hydrogen (secondary N) is 2. The lowest BCUT2D eigenvalue weighted by Gasteiger charge is -2.26. The van der Waals surface area contributed by atoms with E-state index in [9.17, 15) is 14.7 Å². The van der Waals surface area contributed by atoms with E-state index in [1.807, 2.05) is 26.0 Å². The molecule has 2 atom stereocenters. The SMILES string of the molecule is CC(C)C1(C)NC(c2nc3ccccc3cc2C(=O)[O-])NC1=O.[NH4+]. The molecule has 7 heteroatoms. The summed E-state index contributed by atoms with van der Waals surface area (Å²) < 4.78 is 0. The lowest BCUT2D eigenvalue weighted by molar-refractivity contribution is -0.255. The Morgan fingerprint density at radius 1 is 1.33 bits per heavy atom. The number of carboxylic acid groups (broad SMARTS) is 1. The van der Waals surface area contributed by atoms with Crippen LogP contribution in [0.1, 0.15) is 43.0 Å². The molecule has 1 aromatic heterocycles. The largest absolute Gasteiger partial charge is 0.545 e. The van der Waals surface area contributed by atoms with E-state index in [0.717, 1.165) is 0 Å². The Hall–Kier alpha value is -2.51.